The van der Waals surface area contributed by atoms with E-state index in [1.165, 1.54) is 0 Å². The average Bonchev–Trinajstić information content (AvgIpc) is 2.58. The number of hydrogen-bond donors (Lipinski definition) is 1. The molecule has 0 aliphatic heterocycles. The third-order valence-electron chi connectivity index (χ3n) is 3.66. The van der Waals surface area contributed by atoms with E-state index in [1.54, 1.807) is 19.0 Å². The van der Waals surface area contributed by atoms with E-state index in [9.17, 15) is 4.79 Å². The number of carbonyl (C=O) groups excluding carboxylic acids is 1. The van der Waals surface area contributed by atoms with E-state index in [-0.39, 0.29) is 12.5 Å². The van der Waals surface area contributed by atoms with Crippen molar-refractivity contribution in [2.45, 2.75) is 13.0 Å². The quantitative estimate of drug-likeness (QED) is 0.855. The fourth-order valence-corrected chi connectivity index (χ4v) is 2.48. The first-order chi connectivity index (χ1) is 11.1. The van der Waals surface area contributed by atoms with Gasteiger partial charge in [0.1, 0.15) is 0 Å². The average molecular weight is 312 g/mol. The summed E-state index contributed by atoms with van der Waals surface area (Å²) in [5.74, 6) is 0.00784. The SMILES string of the molecule is CN(C)C(=O)c1cccc(CN(CCCO)c2ccccc2)c1. The Hall–Kier alpha value is -2.33. The lowest BCUT2D eigenvalue weighted by molar-refractivity contribution is 0.0827. The highest BCUT2D eigenvalue weighted by molar-refractivity contribution is 5.94. The van der Waals surface area contributed by atoms with E-state index < -0.39 is 0 Å². The van der Waals surface area contributed by atoms with Crippen molar-refractivity contribution in [3.8, 4) is 0 Å². The standard InChI is InChI=1S/C19H24N2O2/c1-20(2)19(23)17-9-6-8-16(14-17)15-21(12-7-13-22)18-10-4-3-5-11-18/h3-6,8-11,14,22H,7,12-13,15H2,1-2H3. The number of benzene rings is 2. The van der Waals surface area contributed by atoms with Gasteiger partial charge in [-0.15, -0.1) is 0 Å². The van der Waals surface area contributed by atoms with Crippen LogP contribution in [0.4, 0.5) is 5.69 Å². The van der Waals surface area contributed by atoms with Gasteiger partial charge in [-0.2, -0.15) is 0 Å². The van der Waals surface area contributed by atoms with E-state index in [0.717, 1.165) is 17.8 Å². The Kier molecular flexibility index (Phi) is 6.18. The van der Waals surface area contributed by atoms with E-state index in [1.807, 2.05) is 42.5 Å². The number of rotatable bonds is 7. The van der Waals surface area contributed by atoms with Crippen LogP contribution in [0.2, 0.25) is 0 Å². The molecule has 1 N–H and O–H groups in total. The van der Waals surface area contributed by atoms with Gasteiger partial charge in [-0.1, -0.05) is 30.3 Å². The molecule has 0 heterocycles. The van der Waals surface area contributed by atoms with Gasteiger partial charge in [0.25, 0.3) is 5.91 Å². The molecule has 1 amide bonds. The van der Waals surface area contributed by atoms with Gasteiger partial charge in [0, 0.05) is 45.0 Å². The Morgan fingerprint density at radius 3 is 2.43 bits per heavy atom. The molecule has 0 saturated heterocycles. The van der Waals surface area contributed by atoms with Crippen LogP contribution in [-0.4, -0.2) is 43.2 Å². The van der Waals surface area contributed by atoms with Crippen molar-refractivity contribution in [1.82, 2.24) is 4.90 Å². The van der Waals surface area contributed by atoms with Crippen LogP contribution < -0.4 is 4.90 Å². The van der Waals surface area contributed by atoms with Crippen LogP contribution >= 0.6 is 0 Å². The van der Waals surface area contributed by atoms with Gasteiger partial charge in [0.2, 0.25) is 0 Å². The van der Waals surface area contributed by atoms with Crippen LogP contribution in [0.25, 0.3) is 0 Å². The molecular formula is C19H24N2O2. The number of carbonyl (C=O) groups is 1. The Morgan fingerprint density at radius 2 is 1.78 bits per heavy atom. The summed E-state index contributed by atoms with van der Waals surface area (Å²) in [6, 6.07) is 17.9. The van der Waals surface area contributed by atoms with E-state index in [0.29, 0.717) is 18.5 Å². The fraction of sp³-hybridized carbons (Fsp3) is 0.316. The van der Waals surface area contributed by atoms with Gasteiger partial charge < -0.3 is 14.9 Å². The molecule has 0 aromatic heterocycles. The summed E-state index contributed by atoms with van der Waals surface area (Å²) in [4.78, 5) is 15.9. The summed E-state index contributed by atoms with van der Waals surface area (Å²) in [6.45, 7) is 1.65. The number of hydrogen-bond acceptors (Lipinski definition) is 3. The Balaban J connectivity index is 2.19. The number of anilines is 1. The van der Waals surface area contributed by atoms with Crippen molar-refractivity contribution in [3.63, 3.8) is 0 Å². The van der Waals surface area contributed by atoms with Gasteiger partial charge in [-0.05, 0) is 36.2 Å². The monoisotopic (exact) mass is 312 g/mol. The molecule has 0 bridgehead atoms. The van der Waals surface area contributed by atoms with Crippen LogP contribution in [0, 0.1) is 0 Å². The maximum Gasteiger partial charge on any atom is 0.253 e. The summed E-state index contributed by atoms with van der Waals surface area (Å²) in [7, 11) is 3.51. The van der Waals surface area contributed by atoms with Gasteiger partial charge in [-0.3, -0.25) is 4.79 Å². The molecule has 2 rings (SSSR count). The molecule has 0 radical (unpaired) electrons. The number of para-hydroxylation sites is 1. The molecule has 122 valence electrons. The molecule has 4 nitrogen and oxygen atoms in total. The zero-order valence-corrected chi connectivity index (χ0v) is 13.8. The highest BCUT2D eigenvalue weighted by Crippen LogP contribution is 2.18. The molecule has 0 spiro atoms. The molecule has 4 heteroatoms. The maximum atomic E-state index is 12.1. The van der Waals surface area contributed by atoms with Gasteiger partial charge in [0.15, 0.2) is 0 Å². The Morgan fingerprint density at radius 1 is 1.04 bits per heavy atom. The lowest BCUT2D eigenvalue weighted by Crippen LogP contribution is -2.25. The molecule has 0 aliphatic carbocycles. The predicted octanol–water partition coefficient (Wildman–Crippen LogP) is 2.78. The topological polar surface area (TPSA) is 43.8 Å². The second-order valence-electron chi connectivity index (χ2n) is 5.73. The van der Waals surface area contributed by atoms with E-state index in [4.69, 9.17) is 5.11 Å². The summed E-state index contributed by atoms with van der Waals surface area (Å²) in [5.41, 5.74) is 2.90. The first kappa shape index (κ1) is 17.0. The molecule has 0 unspecified atom stereocenters. The van der Waals surface area contributed by atoms with Crippen molar-refractivity contribution < 1.29 is 9.90 Å². The lowest BCUT2D eigenvalue weighted by Gasteiger charge is -2.25. The number of nitrogens with zero attached hydrogens (tertiary/aromatic N) is 2. The Labute approximate surface area is 138 Å². The van der Waals surface area contributed by atoms with Crippen molar-refractivity contribution >= 4 is 11.6 Å². The van der Waals surface area contributed by atoms with Crippen LogP contribution in [0.1, 0.15) is 22.3 Å². The van der Waals surface area contributed by atoms with Gasteiger partial charge in [-0.25, -0.2) is 0 Å². The minimum absolute atomic E-state index is 0.00784. The van der Waals surface area contributed by atoms with E-state index in [2.05, 4.69) is 17.0 Å². The van der Waals surface area contributed by atoms with Crippen molar-refractivity contribution in [2.24, 2.45) is 0 Å². The molecule has 0 atom stereocenters. The predicted molar refractivity (Wildman–Crippen MR) is 93.7 cm³/mol. The molecule has 0 saturated carbocycles. The van der Waals surface area contributed by atoms with Crippen molar-refractivity contribution in [1.29, 1.82) is 0 Å². The molecule has 0 aliphatic rings. The van der Waals surface area contributed by atoms with Crippen molar-refractivity contribution in [2.75, 3.05) is 32.1 Å². The zero-order chi connectivity index (χ0) is 16.7. The molecule has 23 heavy (non-hydrogen) atoms. The summed E-state index contributed by atoms with van der Waals surface area (Å²) < 4.78 is 0. The fourth-order valence-electron chi connectivity index (χ4n) is 2.48. The summed E-state index contributed by atoms with van der Waals surface area (Å²) in [5, 5.41) is 9.13. The van der Waals surface area contributed by atoms with E-state index >= 15 is 0 Å². The van der Waals surface area contributed by atoms with Crippen LogP contribution in [0.15, 0.2) is 54.6 Å². The maximum absolute atomic E-state index is 12.1. The molecule has 2 aromatic carbocycles. The highest BCUT2D eigenvalue weighted by Gasteiger charge is 2.11. The number of aliphatic hydroxyl groups is 1. The summed E-state index contributed by atoms with van der Waals surface area (Å²) in [6.07, 6.45) is 0.714. The smallest absolute Gasteiger partial charge is 0.253 e. The number of aliphatic hydroxyl groups excluding tert-OH is 1. The third kappa shape index (κ3) is 4.83. The zero-order valence-electron chi connectivity index (χ0n) is 13.8. The minimum Gasteiger partial charge on any atom is -0.396 e. The van der Waals surface area contributed by atoms with Crippen LogP contribution in [0.3, 0.4) is 0 Å². The third-order valence-corrected chi connectivity index (χ3v) is 3.66. The largest absolute Gasteiger partial charge is 0.396 e. The molecule has 2 aromatic rings. The van der Waals surface area contributed by atoms with Crippen LogP contribution in [-0.2, 0) is 6.54 Å². The summed E-state index contributed by atoms with van der Waals surface area (Å²) >= 11 is 0. The van der Waals surface area contributed by atoms with Gasteiger partial charge in [0.05, 0.1) is 0 Å². The van der Waals surface area contributed by atoms with Gasteiger partial charge >= 0.3 is 0 Å². The lowest BCUT2D eigenvalue weighted by atomic mass is 10.1. The van der Waals surface area contributed by atoms with Crippen LogP contribution in [0.5, 0.6) is 0 Å². The minimum atomic E-state index is 0.00784. The first-order valence-electron chi connectivity index (χ1n) is 7.83. The Bertz CT molecular complexity index is 626. The molecule has 0 fully saturated rings. The second kappa shape index (κ2) is 8.34. The first-order valence-corrected chi connectivity index (χ1v) is 7.83. The second-order valence-corrected chi connectivity index (χ2v) is 5.73. The normalized spacial score (nSPS) is 10.4. The van der Waals surface area contributed by atoms with Crippen molar-refractivity contribution in [3.05, 3.63) is 65.7 Å². The molecular weight excluding hydrogens is 288 g/mol. The number of amides is 1. The highest BCUT2D eigenvalue weighted by atomic mass is 16.3.